The van der Waals surface area contributed by atoms with Crippen LogP contribution in [0.2, 0.25) is 10.0 Å². The Morgan fingerprint density at radius 3 is 1.82 bits per heavy atom. The fraction of sp³-hybridized carbons (Fsp3) is 0.308. The summed E-state index contributed by atoms with van der Waals surface area (Å²) < 4.78 is -2.16. The van der Waals surface area contributed by atoms with Crippen molar-refractivity contribution in [1.82, 2.24) is 10.0 Å². The summed E-state index contributed by atoms with van der Waals surface area (Å²) >= 11 is 51.9. The number of halogens is 8. The molecule has 3 aliphatic rings. The normalized spacial score (nSPS) is 29.2. The van der Waals surface area contributed by atoms with E-state index in [0.29, 0.717) is 5.01 Å². The lowest BCUT2D eigenvalue weighted by atomic mass is 9.84. The number of amides is 3. The van der Waals surface area contributed by atoms with Gasteiger partial charge in [-0.15, -0.1) is 23.2 Å². The highest BCUT2D eigenvalue weighted by Crippen LogP contribution is 2.77. The van der Waals surface area contributed by atoms with E-state index in [0.717, 1.165) is 10.6 Å². The lowest BCUT2D eigenvalue weighted by Gasteiger charge is -2.38. The molecule has 5 atom stereocenters. The average molecular weight is 704 g/mol. The van der Waals surface area contributed by atoms with Crippen molar-refractivity contribution in [3.05, 3.63) is 79.3 Å². The molecule has 1 saturated heterocycles. The lowest BCUT2D eigenvalue weighted by molar-refractivity contribution is -0.157. The molecule has 210 valence electrons. The van der Waals surface area contributed by atoms with Gasteiger partial charge in [0, 0.05) is 10.6 Å². The molecule has 2 bridgehead atoms. The van der Waals surface area contributed by atoms with Crippen LogP contribution >= 0.6 is 92.8 Å². The van der Waals surface area contributed by atoms with Gasteiger partial charge in [0.1, 0.15) is 15.8 Å². The third kappa shape index (κ3) is 3.77. The highest BCUT2D eigenvalue weighted by molar-refractivity contribution is 6.66. The molecule has 40 heavy (non-hydrogen) atoms. The predicted octanol–water partition coefficient (Wildman–Crippen LogP) is 7.38. The zero-order chi connectivity index (χ0) is 29.7. The van der Waals surface area contributed by atoms with Crippen molar-refractivity contribution in [2.45, 2.75) is 34.0 Å². The van der Waals surface area contributed by atoms with Crippen LogP contribution in [-0.2, 0) is 9.59 Å². The van der Waals surface area contributed by atoms with Crippen molar-refractivity contribution in [3.63, 3.8) is 0 Å². The number of carbonyl (C=O) groups excluding carboxylic acids is 4. The first-order valence-corrected chi connectivity index (χ1v) is 14.6. The summed E-state index contributed by atoms with van der Waals surface area (Å²) in [6.45, 7) is 3.21. The van der Waals surface area contributed by atoms with Gasteiger partial charge in [0.15, 0.2) is 10.1 Å². The molecule has 0 radical (unpaired) electrons. The van der Waals surface area contributed by atoms with E-state index in [-0.39, 0.29) is 31.2 Å². The predicted molar refractivity (Wildman–Crippen MR) is 157 cm³/mol. The minimum absolute atomic E-state index is 0.0761. The zero-order valence-corrected chi connectivity index (χ0v) is 26.4. The van der Waals surface area contributed by atoms with Crippen molar-refractivity contribution in [2.24, 2.45) is 11.8 Å². The third-order valence-electron chi connectivity index (χ3n) is 7.55. The molecule has 5 rings (SSSR count). The SMILES string of the molecule is Cc1ccc(C(=O)[C@@H](C)N(C(=O)c2ccc(Cl)cc2Cl)N2C(=O)[C@@H]3[C@H](C2=O)[C@@]2(Cl)C(Cl)=C(Cl)[C@@]3(Cl)C2(Cl)Cl)cc1. The van der Waals surface area contributed by atoms with E-state index in [4.69, 9.17) is 92.8 Å². The second-order valence-corrected chi connectivity index (χ2v) is 13.9. The van der Waals surface area contributed by atoms with Gasteiger partial charge in [-0.25, -0.2) is 5.01 Å². The smallest absolute Gasteiger partial charge is 0.275 e. The Kier molecular flexibility index (Phi) is 7.50. The van der Waals surface area contributed by atoms with Gasteiger partial charge in [-0.1, -0.05) is 99.4 Å². The lowest BCUT2D eigenvalue weighted by Crippen LogP contribution is -2.59. The number of aryl methyl sites for hydroxylation is 1. The van der Waals surface area contributed by atoms with Crippen molar-refractivity contribution in [1.29, 1.82) is 0 Å². The van der Waals surface area contributed by atoms with Crippen LogP contribution < -0.4 is 0 Å². The molecule has 14 heteroatoms. The molecule has 0 unspecified atom stereocenters. The number of Topliss-reactive ketones (excluding diaryl/α,β-unsaturated/α-hetero) is 1. The van der Waals surface area contributed by atoms with Gasteiger partial charge >= 0.3 is 0 Å². The van der Waals surface area contributed by atoms with E-state index >= 15 is 0 Å². The minimum atomic E-state index is -2.16. The van der Waals surface area contributed by atoms with Gasteiger partial charge < -0.3 is 0 Å². The average Bonchev–Trinajstić information content (AvgIpc) is 3.27. The number of carbonyl (C=O) groups is 4. The van der Waals surface area contributed by atoms with Crippen LogP contribution in [0.25, 0.3) is 0 Å². The number of imide groups is 1. The topological polar surface area (TPSA) is 74.8 Å². The highest BCUT2D eigenvalue weighted by atomic mass is 35.5. The fourth-order valence-electron chi connectivity index (χ4n) is 5.49. The Balaban J connectivity index is 1.65. The van der Waals surface area contributed by atoms with Gasteiger partial charge in [0.2, 0.25) is 0 Å². The molecule has 2 aliphatic carbocycles. The second kappa shape index (κ2) is 9.92. The summed E-state index contributed by atoms with van der Waals surface area (Å²) in [6, 6.07) is 9.17. The quantitative estimate of drug-likeness (QED) is 0.185. The number of hydrazine groups is 1. The number of fused-ring (bicyclic) bond motifs is 5. The molecule has 3 amide bonds. The van der Waals surface area contributed by atoms with Crippen molar-refractivity contribution >= 4 is 116 Å². The maximum absolute atomic E-state index is 14.1. The number of allylic oxidation sites excluding steroid dienone is 2. The number of hydrogen-bond donors (Lipinski definition) is 0. The van der Waals surface area contributed by atoms with Crippen molar-refractivity contribution in [3.8, 4) is 0 Å². The summed E-state index contributed by atoms with van der Waals surface area (Å²) in [5, 5.41) is 0.848. The minimum Gasteiger partial charge on any atom is -0.292 e. The third-order valence-corrected chi connectivity index (χ3v) is 12.4. The van der Waals surface area contributed by atoms with Crippen LogP contribution in [0.1, 0.15) is 33.2 Å². The monoisotopic (exact) mass is 700 g/mol. The number of rotatable bonds is 5. The maximum Gasteiger partial charge on any atom is 0.275 e. The van der Waals surface area contributed by atoms with Crippen LogP contribution in [0.15, 0.2) is 52.5 Å². The summed E-state index contributed by atoms with van der Waals surface area (Å²) in [7, 11) is 0. The zero-order valence-electron chi connectivity index (χ0n) is 20.3. The van der Waals surface area contributed by atoms with Gasteiger partial charge in [0.05, 0.1) is 32.5 Å². The van der Waals surface area contributed by atoms with E-state index in [1.54, 1.807) is 24.3 Å². The molecule has 1 saturated carbocycles. The molecule has 0 aromatic heterocycles. The van der Waals surface area contributed by atoms with Crippen molar-refractivity contribution < 1.29 is 19.2 Å². The fourth-order valence-corrected chi connectivity index (χ4v) is 8.91. The summed E-state index contributed by atoms with van der Waals surface area (Å²) in [4.78, 5) is 51.6. The van der Waals surface area contributed by atoms with E-state index < -0.39 is 55.5 Å². The largest absolute Gasteiger partial charge is 0.292 e. The Hall–Kier alpha value is -1.22. The summed E-state index contributed by atoms with van der Waals surface area (Å²) in [5.74, 6) is -6.53. The van der Waals surface area contributed by atoms with Crippen LogP contribution in [0, 0.1) is 18.8 Å². The van der Waals surface area contributed by atoms with E-state index in [1.807, 2.05) is 6.92 Å². The van der Waals surface area contributed by atoms with E-state index in [1.165, 1.54) is 25.1 Å². The molecule has 2 aromatic carbocycles. The molecule has 2 fully saturated rings. The van der Waals surface area contributed by atoms with Gasteiger partial charge in [-0.05, 0) is 32.0 Å². The summed E-state index contributed by atoms with van der Waals surface area (Å²) in [6.07, 6.45) is 0. The first kappa shape index (κ1) is 30.2. The Morgan fingerprint density at radius 1 is 0.850 bits per heavy atom. The second-order valence-electron chi connectivity index (χ2n) is 9.75. The Labute approximate surface area is 268 Å². The van der Waals surface area contributed by atoms with Gasteiger partial charge in [0.25, 0.3) is 17.7 Å². The Bertz CT molecular complexity index is 1500. The van der Waals surface area contributed by atoms with Crippen LogP contribution in [0.5, 0.6) is 0 Å². The molecule has 2 aromatic rings. The highest BCUT2D eigenvalue weighted by Gasteiger charge is 2.88. The maximum atomic E-state index is 14.1. The van der Waals surface area contributed by atoms with E-state index in [2.05, 4.69) is 0 Å². The number of hydrogen-bond acceptors (Lipinski definition) is 4. The van der Waals surface area contributed by atoms with Crippen LogP contribution in [-0.4, -0.2) is 53.6 Å². The molecular weight excluding hydrogens is 688 g/mol. The van der Waals surface area contributed by atoms with Gasteiger partial charge in [-0.2, -0.15) is 5.01 Å². The Morgan fingerprint density at radius 2 is 1.35 bits per heavy atom. The standard InChI is InChI=1S/C26H16Cl8N2O4/c1-10-3-5-12(6-4-10)18(37)11(2)35(21(38)14-8-7-13(27)9-15(14)28)36-22(39)16-17(23(36)40)25(32)20(30)19(29)24(16,31)26(25,33)34/h3-9,11,16-17H,1-2H3/t11-,16-,17+,24-,25-/m1/s1. The molecule has 6 nitrogen and oxygen atoms in total. The number of ketones is 1. The van der Waals surface area contributed by atoms with Crippen LogP contribution in [0.3, 0.4) is 0 Å². The van der Waals surface area contributed by atoms with Gasteiger partial charge in [-0.3, -0.25) is 19.2 Å². The number of alkyl halides is 4. The number of nitrogens with zero attached hydrogens (tertiary/aromatic N) is 2. The first-order valence-electron chi connectivity index (χ1n) is 11.6. The molecule has 1 heterocycles. The van der Waals surface area contributed by atoms with Crippen molar-refractivity contribution in [2.75, 3.05) is 0 Å². The molecule has 0 N–H and O–H groups in total. The molecule has 1 aliphatic heterocycles. The number of benzene rings is 2. The van der Waals surface area contributed by atoms with E-state index in [9.17, 15) is 19.2 Å². The first-order chi connectivity index (χ1) is 18.5. The molecular formula is C26H16Cl8N2O4. The van der Waals surface area contributed by atoms with Crippen LogP contribution in [0.4, 0.5) is 0 Å². The molecule has 0 spiro atoms. The summed E-state index contributed by atoms with van der Waals surface area (Å²) in [5.41, 5.74) is 0.994.